The van der Waals surface area contributed by atoms with Gasteiger partial charge in [-0.05, 0) is 55.8 Å². The Morgan fingerprint density at radius 2 is 1.84 bits per heavy atom. The fourth-order valence-electron chi connectivity index (χ4n) is 2.13. The van der Waals surface area contributed by atoms with Gasteiger partial charge < -0.3 is 13.7 Å². The van der Waals surface area contributed by atoms with E-state index < -0.39 is 7.12 Å². The Balaban J connectivity index is 2.06. The summed E-state index contributed by atoms with van der Waals surface area (Å²) in [7, 11) is -0.394. The van der Waals surface area contributed by atoms with Crippen LogP contribution < -0.4 is 5.59 Å². The fraction of sp³-hybridized carbons (Fsp3) is 0.462. The highest BCUT2D eigenvalue weighted by Gasteiger charge is 2.52. The first kappa shape index (κ1) is 13.2. The maximum absolute atomic E-state index is 6.06. The smallest absolute Gasteiger partial charge is 0.398 e. The maximum atomic E-state index is 6.06. The van der Waals surface area contributed by atoms with Gasteiger partial charge in [0.05, 0.1) is 21.3 Å². The van der Waals surface area contributed by atoms with Gasteiger partial charge in [-0.3, -0.25) is 0 Å². The van der Waals surface area contributed by atoms with Gasteiger partial charge in [-0.1, -0.05) is 0 Å². The van der Waals surface area contributed by atoms with Crippen molar-refractivity contribution in [3.8, 4) is 0 Å². The van der Waals surface area contributed by atoms with Crippen LogP contribution in [-0.4, -0.2) is 27.7 Å². The molecule has 2 aromatic heterocycles. The second-order valence-corrected chi connectivity index (χ2v) is 6.68. The summed E-state index contributed by atoms with van der Waals surface area (Å²) < 4.78 is 15.1. The van der Waals surface area contributed by atoms with Crippen LogP contribution in [0.25, 0.3) is 5.65 Å². The summed E-state index contributed by atoms with van der Waals surface area (Å²) in [6, 6.07) is 3.93. The lowest BCUT2D eigenvalue weighted by Gasteiger charge is -2.32. The van der Waals surface area contributed by atoms with Gasteiger partial charge in [0.25, 0.3) is 0 Å². The Kier molecular flexibility index (Phi) is 2.82. The molecular formula is C13H16BBrN2O2. The summed E-state index contributed by atoms with van der Waals surface area (Å²) in [5, 5.41) is 0. The number of aromatic nitrogens is 2. The van der Waals surface area contributed by atoms with Crippen molar-refractivity contribution in [2.45, 2.75) is 38.9 Å². The minimum absolute atomic E-state index is 0.339. The lowest BCUT2D eigenvalue weighted by molar-refractivity contribution is 0.00578. The molecule has 1 aliphatic rings. The molecule has 100 valence electrons. The molecule has 1 saturated heterocycles. The molecule has 1 aliphatic heterocycles. The Labute approximate surface area is 121 Å². The molecule has 2 aromatic rings. The average molecular weight is 323 g/mol. The second kappa shape index (κ2) is 4.07. The van der Waals surface area contributed by atoms with Crippen molar-refractivity contribution in [3.63, 3.8) is 0 Å². The summed E-state index contributed by atoms with van der Waals surface area (Å²) in [5.74, 6) is 0. The van der Waals surface area contributed by atoms with E-state index in [1.54, 1.807) is 0 Å². The Morgan fingerprint density at radius 1 is 1.21 bits per heavy atom. The largest absolute Gasteiger partial charge is 0.514 e. The van der Waals surface area contributed by atoms with Crippen LogP contribution >= 0.6 is 15.9 Å². The predicted octanol–water partition coefficient (Wildman–Crippen LogP) is 2.40. The van der Waals surface area contributed by atoms with E-state index in [0.29, 0.717) is 0 Å². The van der Waals surface area contributed by atoms with Gasteiger partial charge >= 0.3 is 7.12 Å². The topological polar surface area (TPSA) is 35.8 Å². The highest BCUT2D eigenvalue weighted by atomic mass is 79.9. The summed E-state index contributed by atoms with van der Waals surface area (Å²) in [5.41, 5.74) is 1.10. The zero-order chi connectivity index (χ0) is 13.8. The lowest BCUT2D eigenvalue weighted by atomic mass is 9.85. The van der Waals surface area contributed by atoms with Crippen LogP contribution in [0.5, 0.6) is 0 Å². The molecule has 0 amide bonds. The van der Waals surface area contributed by atoms with Gasteiger partial charge in [0, 0.05) is 12.4 Å². The molecule has 0 atom stereocenters. The van der Waals surface area contributed by atoms with Crippen LogP contribution in [0, 0.1) is 0 Å². The Bertz CT molecular complexity index is 623. The first-order valence-electron chi connectivity index (χ1n) is 6.29. The molecule has 1 fully saturated rings. The fourth-order valence-corrected chi connectivity index (χ4v) is 2.58. The van der Waals surface area contributed by atoms with Crippen LogP contribution in [-0.2, 0) is 9.31 Å². The lowest BCUT2D eigenvalue weighted by Crippen LogP contribution is -2.41. The van der Waals surface area contributed by atoms with Crippen molar-refractivity contribution in [1.29, 1.82) is 0 Å². The number of halogens is 1. The van der Waals surface area contributed by atoms with E-state index in [2.05, 4.69) is 20.9 Å². The van der Waals surface area contributed by atoms with E-state index >= 15 is 0 Å². The van der Waals surface area contributed by atoms with Crippen molar-refractivity contribution in [2.24, 2.45) is 0 Å². The van der Waals surface area contributed by atoms with E-state index in [1.807, 2.05) is 56.6 Å². The van der Waals surface area contributed by atoms with E-state index in [-0.39, 0.29) is 11.2 Å². The van der Waals surface area contributed by atoms with Crippen molar-refractivity contribution in [1.82, 2.24) is 9.38 Å². The highest BCUT2D eigenvalue weighted by Crippen LogP contribution is 2.36. The van der Waals surface area contributed by atoms with Gasteiger partial charge in [0.15, 0.2) is 5.65 Å². The zero-order valence-corrected chi connectivity index (χ0v) is 13.1. The van der Waals surface area contributed by atoms with E-state index in [0.717, 1.165) is 15.7 Å². The number of hydrogen-bond acceptors (Lipinski definition) is 3. The third-order valence-electron chi connectivity index (χ3n) is 4.01. The standard InChI is InChI=1S/C13H16BBrN2O2/c1-12(2)13(3,4)19-14(18-12)10-8-16-11-9(15)6-5-7-17(10)11/h5-8H,1-4H3. The van der Waals surface area contributed by atoms with Crippen LogP contribution in [0.1, 0.15) is 27.7 Å². The van der Waals surface area contributed by atoms with Crippen molar-refractivity contribution < 1.29 is 9.31 Å². The third-order valence-corrected chi connectivity index (χ3v) is 4.63. The van der Waals surface area contributed by atoms with E-state index in [9.17, 15) is 0 Å². The number of rotatable bonds is 1. The molecule has 3 heterocycles. The summed E-state index contributed by atoms with van der Waals surface area (Å²) >= 11 is 3.50. The van der Waals surface area contributed by atoms with Crippen LogP contribution in [0.2, 0.25) is 0 Å². The van der Waals surface area contributed by atoms with E-state index in [1.165, 1.54) is 0 Å². The van der Waals surface area contributed by atoms with Crippen molar-refractivity contribution >= 4 is 34.3 Å². The third kappa shape index (κ3) is 1.93. The Morgan fingerprint density at radius 3 is 2.47 bits per heavy atom. The average Bonchev–Trinajstić information content (AvgIpc) is 2.80. The van der Waals surface area contributed by atoms with Gasteiger partial charge in [0.1, 0.15) is 0 Å². The van der Waals surface area contributed by atoms with Crippen LogP contribution in [0.3, 0.4) is 0 Å². The van der Waals surface area contributed by atoms with Gasteiger partial charge in [-0.25, -0.2) is 4.98 Å². The number of fused-ring (bicyclic) bond motifs is 1. The summed E-state index contributed by atoms with van der Waals surface area (Å²) in [6.45, 7) is 8.19. The normalized spacial score (nSPS) is 21.2. The van der Waals surface area contributed by atoms with Crippen molar-refractivity contribution in [3.05, 3.63) is 29.0 Å². The molecule has 0 spiro atoms. The first-order valence-corrected chi connectivity index (χ1v) is 7.08. The molecule has 6 heteroatoms. The van der Waals surface area contributed by atoms with Gasteiger partial charge in [0.2, 0.25) is 0 Å². The second-order valence-electron chi connectivity index (χ2n) is 5.82. The molecule has 19 heavy (non-hydrogen) atoms. The molecule has 0 aromatic carbocycles. The maximum Gasteiger partial charge on any atom is 0.514 e. The Hall–Kier alpha value is -0.845. The molecular weight excluding hydrogens is 307 g/mol. The number of imidazole rings is 1. The number of pyridine rings is 1. The zero-order valence-electron chi connectivity index (χ0n) is 11.5. The first-order chi connectivity index (χ1) is 8.82. The predicted molar refractivity (Wildman–Crippen MR) is 78.6 cm³/mol. The van der Waals surface area contributed by atoms with Crippen LogP contribution in [0.4, 0.5) is 0 Å². The molecule has 0 radical (unpaired) electrons. The SMILES string of the molecule is CC1(C)OB(c2cnc3c(Br)cccn23)OC1(C)C. The molecule has 0 bridgehead atoms. The summed E-state index contributed by atoms with van der Waals surface area (Å²) in [6.07, 6.45) is 3.77. The molecule has 0 aliphatic carbocycles. The number of hydrogen-bond donors (Lipinski definition) is 0. The summed E-state index contributed by atoms with van der Waals surface area (Å²) in [4.78, 5) is 4.41. The van der Waals surface area contributed by atoms with E-state index in [4.69, 9.17) is 9.31 Å². The minimum Gasteiger partial charge on any atom is -0.398 e. The molecule has 0 unspecified atom stereocenters. The van der Waals surface area contributed by atoms with Gasteiger partial charge in [-0.15, -0.1) is 0 Å². The molecule has 3 rings (SSSR count). The van der Waals surface area contributed by atoms with Gasteiger partial charge in [-0.2, -0.15) is 0 Å². The molecule has 0 saturated carbocycles. The minimum atomic E-state index is -0.394. The molecule has 4 nitrogen and oxygen atoms in total. The van der Waals surface area contributed by atoms with Crippen molar-refractivity contribution in [2.75, 3.05) is 0 Å². The highest BCUT2D eigenvalue weighted by molar-refractivity contribution is 9.10. The van der Waals surface area contributed by atoms with Crippen LogP contribution in [0.15, 0.2) is 29.0 Å². The quantitative estimate of drug-likeness (QED) is 0.756. The monoisotopic (exact) mass is 322 g/mol. The number of nitrogens with zero attached hydrogens (tertiary/aromatic N) is 2. The molecule has 0 N–H and O–H groups in total.